The Balaban J connectivity index is 2.31. The number of pyridine rings is 1. The van der Waals surface area contributed by atoms with Crippen molar-refractivity contribution in [2.45, 2.75) is 6.61 Å². The average Bonchev–Trinajstić information content (AvgIpc) is 2.41. The van der Waals surface area contributed by atoms with Gasteiger partial charge in [-0.25, -0.2) is 4.79 Å². The molecule has 0 amide bonds. The normalized spacial score (nSPS) is 10.2. The van der Waals surface area contributed by atoms with E-state index >= 15 is 0 Å². The molecule has 2 rings (SSSR count). The Labute approximate surface area is 109 Å². The molecular weight excluding hydrogens is 246 g/mol. The highest BCUT2D eigenvalue weighted by molar-refractivity contribution is 5.90. The second-order valence-corrected chi connectivity index (χ2v) is 4.05. The maximum absolute atomic E-state index is 11.9. The van der Waals surface area contributed by atoms with Gasteiger partial charge in [-0.2, -0.15) is 0 Å². The van der Waals surface area contributed by atoms with Crippen LogP contribution in [0.2, 0.25) is 0 Å². The van der Waals surface area contributed by atoms with E-state index in [0.717, 1.165) is 5.56 Å². The van der Waals surface area contributed by atoms with Gasteiger partial charge in [-0.3, -0.25) is 4.79 Å². The molecule has 0 aliphatic carbocycles. The fourth-order valence-electron chi connectivity index (χ4n) is 1.64. The van der Waals surface area contributed by atoms with Crippen LogP contribution in [-0.4, -0.2) is 15.6 Å². The summed E-state index contributed by atoms with van der Waals surface area (Å²) in [4.78, 5) is 23.0. The first kappa shape index (κ1) is 12.9. The van der Waals surface area contributed by atoms with Crippen LogP contribution in [0.5, 0.6) is 5.75 Å². The van der Waals surface area contributed by atoms with Crippen LogP contribution >= 0.6 is 0 Å². The van der Waals surface area contributed by atoms with Crippen LogP contribution in [0.1, 0.15) is 15.9 Å². The summed E-state index contributed by atoms with van der Waals surface area (Å²) in [6, 6.07) is 10.6. The van der Waals surface area contributed by atoms with Gasteiger partial charge in [0.05, 0.1) is 0 Å². The van der Waals surface area contributed by atoms with Crippen molar-refractivity contribution < 1.29 is 14.6 Å². The molecule has 2 aromatic rings. The molecular formula is C14H13NO4. The molecule has 0 saturated heterocycles. The van der Waals surface area contributed by atoms with Gasteiger partial charge in [-0.15, -0.1) is 0 Å². The van der Waals surface area contributed by atoms with Gasteiger partial charge in [-0.1, -0.05) is 30.3 Å². The lowest BCUT2D eigenvalue weighted by molar-refractivity contribution is 0.0691. The summed E-state index contributed by atoms with van der Waals surface area (Å²) < 4.78 is 6.67. The van der Waals surface area contributed by atoms with Crippen LogP contribution in [0.4, 0.5) is 0 Å². The minimum Gasteiger partial charge on any atom is -0.482 e. The van der Waals surface area contributed by atoms with Gasteiger partial charge >= 0.3 is 5.97 Å². The second kappa shape index (κ2) is 5.39. The molecule has 0 radical (unpaired) electrons. The Hall–Kier alpha value is -2.56. The number of aromatic nitrogens is 1. The molecule has 0 unspecified atom stereocenters. The summed E-state index contributed by atoms with van der Waals surface area (Å²) in [6.45, 7) is 0.153. The summed E-state index contributed by atoms with van der Waals surface area (Å²) >= 11 is 0. The summed E-state index contributed by atoms with van der Waals surface area (Å²) in [6.07, 6.45) is 1.40. The Morgan fingerprint density at radius 1 is 1.26 bits per heavy atom. The van der Waals surface area contributed by atoms with E-state index in [1.807, 2.05) is 30.3 Å². The molecule has 5 heteroatoms. The van der Waals surface area contributed by atoms with E-state index in [4.69, 9.17) is 9.84 Å². The maximum Gasteiger partial charge on any atom is 0.339 e. The first-order valence-electron chi connectivity index (χ1n) is 5.69. The third kappa shape index (κ3) is 2.82. The topological polar surface area (TPSA) is 68.5 Å². The first-order chi connectivity index (χ1) is 9.09. The molecule has 0 aliphatic heterocycles. The first-order valence-corrected chi connectivity index (χ1v) is 5.69. The summed E-state index contributed by atoms with van der Waals surface area (Å²) in [5, 5.41) is 9.05. The van der Waals surface area contributed by atoms with Crippen molar-refractivity contribution in [2.75, 3.05) is 0 Å². The Morgan fingerprint density at radius 2 is 1.95 bits per heavy atom. The molecule has 0 atom stereocenters. The lowest BCUT2D eigenvalue weighted by atomic mass is 10.2. The summed E-state index contributed by atoms with van der Waals surface area (Å²) in [5.41, 5.74) is 0.277. The van der Waals surface area contributed by atoms with Crippen LogP contribution in [0, 0.1) is 0 Å². The van der Waals surface area contributed by atoms with Crippen LogP contribution in [0.3, 0.4) is 0 Å². The molecule has 5 nitrogen and oxygen atoms in total. The van der Waals surface area contributed by atoms with Gasteiger partial charge in [0.25, 0.3) is 5.56 Å². The predicted octanol–water partition coefficient (Wildman–Crippen LogP) is 1.66. The highest BCUT2D eigenvalue weighted by atomic mass is 16.5. The summed E-state index contributed by atoms with van der Waals surface area (Å²) in [5.74, 6) is -1.32. The molecule has 1 N–H and O–H groups in total. The fraction of sp³-hybridized carbons (Fsp3) is 0.143. The fourth-order valence-corrected chi connectivity index (χ4v) is 1.64. The molecule has 0 bridgehead atoms. The molecule has 0 aliphatic rings. The smallest absolute Gasteiger partial charge is 0.339 e. The van der Waals surface area contributed by atoms with Gasteiger partial charge in [-0.05, 0) is 11.6 Å². The van der Waals surface area contributed by atoms with Crippen LogP contribution in [-0.2, 0) is 13.7 Å². The standard InChI is InChI=1S/C14H13NO4/c1-15-8-7-11(14(17)18)12(13(15)16)19-9-10-5-3-2-4-6-10/h2-8H,9H2,1H3,(H,17,18). The average molecular weight is 259 g/mol. The number of hydrogen-bond acceptors (Lipinski definition) is 3. The summed E-state index contributed by atoms with van der Waals surface area (Å²) in [7, 11) is 1.54. The van der Waals surface area contributed by atoms with E-state index in [2.05, 4.69) is 0 Å². The highest BCUT2D eigenvalue weighted by Gasteiger charge is 2.16. The molecule has 1 heterocycles. The number of benzene rings is 1. The van der Waals surface area contributed by atoms with E-state index in [-0.39, 0.29) is 17.9 Å². The third-order valence-corrected chi connectivity index (χ3v) is 2.68. The van der Waals surface area contributed by atoms with Crippen molar-refractivity contribution in [3.8, 4) is 5.75 Å². The lowest BCUT2D eigenvalue weighted by Gasteiger charge is -2.09. The van der Waals surface area contributed by atoms with Crippen molar-refractivity contribution in [1.82, 2.24) is 4.57 Å². The van der Waals surface area contributed by atoms with Crippen LogP contribution < -0.4 is 10.3 Å². The Morgan fingerprint density at radius 3 is 2.58 bits per heavy atom. The molecule has 1 aromatic carbocycles. The number of rotatable bonds is 4. The number of aromatic carboxylic acids is 1. The Bertz CT molecular complexity index is 646. The number of carboxylic acids is 1. The van der Waals surface area contributed by atoms with E-state index in [9.17, 15) is 9.59 Å². The molecule has 19 heavy (non-hydrogen) atoms. The molecule has 0 spiro atoms. The number of nitrogens with zero attached hydrogens (tertiary/aromatic N) is 1. The minimum atomic E-state index is -1.18. The minimum absolute atomic E-state index is 0.126. The van der Waals surface area contributed by atoms with Gasteiger partial charge < -0.3 is 14.4 Å². The predicted molar refractivity (Wildman–Crippen MR) is 69.4 cm³/mol. The number of ether oxygens (including phenoxy) is 1. The van der Waals surface area contributed by atoms with Gasteiger partial charge in [0.15, 0.2) is 5.75 Å². The molecule has 0 fully saturated rings. The third-order valence-electron chi connectivity index (χ3n) is 2.68. The van der Waals surface area contributed by atoms with Crippen LogP contribution in [0.25, 0.3) is 0 Å². The zero-order valence-corrected chi connectivity index (χ0v) is 10.4. The van der Waals surface area contributed by atoms with Crippen molar-refractivity contribution in [3.63, 3.8) is 0 Å². The molecule has 1 aromatic heterocycles. The van der Waals surface area contributed by atoms with E-state index in [0.29, 0.717) is 0 Å². The van der Waals surface area contributed by atoms with Crippen molar-refractivity contribution in [2.24, 2.45) is 7.05 Å². The zero-order chi connectivity index (χ0) is 13.8. The maximum atomic E-state index is 11.9. The molecule has 98 valence electrons. The van der Waals surface area contributed by atoms with E-state index in [1.165, 1.54) is 16.8 Å². The number of aryl methyl sites for hydroxylation is 1. The highest BCUT2D eigenvalue weighted by Crippen LogP contribution is 2.14. The van der Waals surface area contributed by atoms with E-state index < -0.39 is 11.5 Å². The number of carbonyl (C=O) groups is 1. The Kier molecular flexibility index (Phi) is 3.66. The zero-order valence-electron chi connectivity index (χ0n) is 10.4. The second-order valence-electron chi connectivity index (χ2n) is 4.05. The largest absolute Gasteiger partial charge is 0.482 e. The monoisotopic (exact) mass is 259 g/mol. The molecule has 0 saturated carbocycles. The van der Waals surface area contributed by atoms with Gasteiger partial charge in [0, 0.05) is 13.2 Å². The SMILES string of the molecule is Cn1ccc(C(=O)O)c(OCc2ccccc2)c1=O. The number of hydrogen-bond donors (Lipinski definition) is 1. The van der Waals surface area contributed by atoms with Gasteiger partial charge in [0.2, 0.25) is 0 Å². The van der Waals surface area contributed by atoms with Gasteiger partial charge in [0.1, 0.15) is 12.2 Å². The lowest BCUT2D eigenvalue weighted by Crippen LogP contribution is -2.21. The van der Waals surface area contributed by atoms with Crippen molar-refractivity contribution in [1.29, 1.82) is 0 Å². The quantitative estimate of drug-likeness (QED) is 0.906. The van der Waals surface area contributed by atoms with Crippen molar-refractivity contribution >= 4 is 5.97 Å². The van der Waals surface area contributed by atoms with E-state index in [1.54, 1.807) is 7.05 Å². The van der Waals surface area contributed by atoms with Crippen LogP contribution in [0.15, 0.2) is 47.4 Å². The van der Waals surface area contributed by atoms with Crippen molar-refractivity contribution in [3.05, 3.63) is 64.1 Å². The number of carboxylic acid groups (broad SMARTS) is 1.